The Kier molecular flexibility index (Phi) is 9.15. The number of carbonyl (C=O) groups is 1. The van der Waals surface area contributed by atoms with Gasteiger partial charge >= 0.3 is 0 Å². The highest BCUT2D eigenvalue weighted by Crippen LogP contribution is 2.32. The minimum absolute atomic E-state index is 0. The molecule has 0 aliphatic heterocycles. The van der Waals surface area contributed by atoms with Gasteiger partial charge in [-0.2, -0.15) is 0 Å². The number of amides is 1. The molecule has 3 aromatic rings. The third-order valence-corrected chi connectivity index (χ3v) is 5.87. The maximum Gasteiger partial charge on any atom is 0.263 e. The molecule has 3 rings (SSSR count). The van der Waals surface area contributed by atoms with Crippen molar-refractivity contribution in [3.05, 3.63) is 53.6 Å². The number of aromatic nitrogens is 1. The van der Waals surface area contributed by atoms with Crippen LogP contribution in [0.25, 0.3) is 10.2 Å². The molecule has 0 bridgehead atoms. The summed E-state index contributed by atoms with van der Waals surface area (Å²) >= 11 is 1.34. The van der Waals surface area contributed by atoms with Gasteiger partial charge in [-0.1, -0.05) is 25.2 Å². The highest BCUT2D eigenvalue weighted by Gasteiger charge is 2.24. The predicted octanol–water partition coefficient (Wildman–Crippen LogP) is 5.38. The van der Waals surface area contributed by atoms with Crippen molar-refractivity contribution < 1.29 is 18.3 Å². The lowest BCUT2D eigenvalue weighted by molar-refractivity contribution is 0.0980. The molecule has 1 heterocycles. The van der Waals surface area contributed by atoms with Gasteiger partial charge in [0.05, 0.1) is 22.4 Å². The van der Waals surface area contributed by atoms with Crippen LogP contribution in [-0.4, -0.2) is 48.6 Å². The van der Waals surface area contributed by atoms with Crippen molar-refractivity contribution in [2.24, 2.45) is 0 Å². The lowest BCUT2D eigenvalue weighted by Crippen LogP contribution is -2.39. The van der Waals surface area contributed by atoms with Crippen LogP contribution >= 0.6 is 23.7 Å². The van der Waals surface area contributed by atoms with Crippen LogP contribution in [0.15, 0.2) is 36.4 Å². The van der Waals surface area contributed by atoms with E-state index in [0.717, 1.165) is 41.2 Å². The molecule has 168 valence electrons. The summed E-state index contributed by atoms with van der Waals surface area (Å²) in [5.41, 5.74) is 0.559. The van der Waals surface area contributed by atoms with E-state index in [2.05, 4.69) is 9.88 Å². The van der Waals surface area contributed by atoms with Crippen molar-refractivity contribution in [3.63, 3.8) is 0 Å². The molecule has 0 spiro atoms. The van der Waals surface area contributed by atoms with E-state index in [1.54, 1.807) is 0 Å². The Labute approximate surface area is 191 Å². The van der Waals surface area contributed by atoms with Crippen LogP contribution in [0.1, 0.15) is 31.1 Å². The summed E-state index contributed by atoms with van der Waals surface area (Å²) in [5, 5.41) is 0.472. The number of fused-ring (bicyclic) bond motifs is 1. The summed E-state index contributed by atoms with van der Waals surface area (Å²) in [7, 11) is 0. The number of benzene rings is 2. The predicted molar refractivity (Wildman–Crippen MR) is 124 cm³/mol. The lowest BCUT2D eigenvalue weighted by Gasteiger charge is -2.24. The Morgan fingerprint density at radius 3 is 2.45 bits per heavy atom. The molecule has 0 aliphatic carbocycles. The summed E-state index contributed by atoms with van der Waals surface area (Å²) < 4.78 is 34.1. The van der Waals surface area contributed by atoms with Crippen LogP contribution in [0.5, 0.6) is 5.75 Å². The van der Waals surface area contributed by atoms with Crippen LogP contribution in [0, 0.1) is 11.6 Å². The average Bonchev–Trinajstić information content (AvgIpc) is 3.14. The number of carbonyl (C=O) groups excluding carboxylic acids is 1. The molecule has 0 fully saturated rings. The van der Waals surface area contributed by atoms with Crippen LogP contribution < -0.4 is 9.64 Å². The normalized spacial score (nSPS) is 10.9. The van der Waals surface area contributed by atoms with Gasteiger partial charge in [0, 0.05) is 19.2 Å². The molecule has 9 heteroatoms. The average molecular weight is 470 g/mol. The molecule has 1 amide bonds. The minimum Gasteiger partial charge on any atom is -0.494 e. The second-order valence-electron chi connectivity index (χ2n) is 6.67. The first-order chi connectivity index (χ1) is 14.5. The lowest BCUT2D eigenvalue weighted by atomic mass is 10.2. The van der Waals surface area contributed by atoms with Gasteiger partial charge in [-0.3, -0.25) is 9.69 Å². The highest BCUT2D eigenvalue weighted by atomic mass is 35.5. The van der Waals surface area contributed by atoms with Gasteiger partial charge in [0.2, 0.25) is 0 Å². The molecular formula is C22H26ClF2N3O2S. The smallest absolute Gasteiger partial charge is 0.263 e. The molecule has 0 saturated heterocycles. The maximum atomic E-state index is 14.3. The summed E-state index contributed by atoms with van der Waals surface area (Å²) in [6, 6.07) is 8.54. The second-order valence-corrected chi connectivity index (χ2v) is 7.68. The molecule has 0 N–H and O–H groups in total. The third-order valence-electron chi connectivity index (χ3n) is 4.83. The van der Waals surface area contributed by atoms with Crippen LogP contribution in [0.2, 0.25) is 0 Å². The summed E-state index contributed by atoms with van der Waals surface area (Å²) in [4.78, 5) is 21.4. The van der Waals surface area contributed by atoms with E-state index < -0.39 is 17.5 Å². The first-order valence-electron chi connectivity index (χ1n) is 9.99. The Hall–Kier alpha value is -2.29. The zero-order chi connectivity index (χ0) is 21.7. The number of ether oxygens (including phenoxy) is 1. The van der Waals surface area contributed by atoms with E-state index in [0.29, 0.717) is 24.8 Å². The van der Waals surface area contributed by atoms with Crippen molar-refractivity contribution >= 4 is 45.0 Å². The topological polar surface area (TPSA) is 45.7 Å². The zero-order valence-electron chi connectivity index (χ0n) is 17.7. The molecule has 0 unspecified atom stereocenters. The number of thiazole rings is 1. The van der Waals surface area contributed by atoms with Gasteiger partial charge in [-0.15, -0.1) is 12.4 Å². The van der Waals surface area contributed by atoms with Gasteiger partial charge in [0.1, 0.15) is 17.4 Å². The molecule has 31 heavy (non-hydrogen) atoms. The van der Waals surface area contributed by atoms with Crippen molar-refractivity contribution in [1.82, 2.24) is 9.88 Å². The van der Waals surface area contributed by atoms with Gasteiger partial charge in [-0.05, 0) is 50.3 Å². The molecule has 5 nitrogen and oxygen atoms in total. The number of likely N-dealkylation sites (N-methyl/N-ethyl adjacent to an activating group) is 1. The highest BCUT2D eigenvalue weighted by molar-refractivity contribution is 7.22. The quantitative estimate of drug-likeness (QED) is 0.422. The molecule has 0 saturated carbocycles. The van der Waals surface area contributed by atoms with Crippen molar-refractivity contribution in [2.45, 2.75) is 20.8 Å². The third kappa shape index (κ3) is 5.90. The standard InChI is InChI=1S/C22H25F2N3O2S.ClH/c1-4-26(5-2)11-12-27(21(28)17-9-7-15(23)13-18(17)24)22-25-19-10-8-16(29-6-3)14-20(19)30-22;/h7-10,13-14H,4-6,11-12H2,1-3H3;1H. The van der Waals surface area contributed by atoms with Crippen molar-refractivity contribution in [3.8, 4) is 5.75 Å². The summed E-state index contributed by atoms with van der Waals surface area (Å²) in [5.74, 6) is -1.41. The zero-order valence-corrected chi connectivity index (χ0v) is 19.4. The molecular weight excluding hydrogens is 444 g/mol. The van der Waals surface area contributed by atoms with E-state index >= 15 is 0 Å². The van der Waals surface area contributed by atoms with Gasteiger partial charge < -0.3 is 9.64 Å². The minimum atomic E-state index is -0.882. The second kappa shape index (κ2) is 11.4. The van der Waals surface area contributed by atoms with E-state index in [1.807, 2.05) is 39.0 Å². The van der Waals surface area contributed by atoms with E-state index in [1.165, 1.54) is 22.3 Å². The van der Waals surface area contributed by atoms with Crippen molar-refractivity contribution in [1.29, 1.82) is 0 Å². The molecule has 0 aliphatic rings. The number of nitrogens with zero attached hydrogens (tertiary/aromatic N) is 3. The van der Waals surface area contributed by atoms with E-state index in [-0.39, 0.29) is 18.0 Å². The number of rotatable bonds is 9. The molecule has 1 aromatic heterocycles. The van der Waals surface area contributed by atoms with E-state index in [9.17, 15) is 13.6 Å². The first-order valence-corrected chi connectivity index (χ1v) is 10.8. The SMILES string of the molecule is CCOc1ccc2nc(N(CCN(CC)CC)C(=O)c3ccc(F)cc3F)sc2c1.Cl. The molecule has 2 aromatic carbocycles. The first kappa shape index (κ1) is 25.0. The number of hydrogen-bond acceptors (Lipinski definition) is 5. The molecule has 0 atom stereocenters. The Balaban J connectivity index is 0.00000341. The van der Waals surface area contributed by atoms with E-state index in [4.69, 9.17) is 4.74 Å². The van der Waals surface area contributed by atoms with Gasteiger partial charge in [0.25, 0.3) is 5.91 Å². The Bertz CT molecular complexity index is 1030. The summed E-state index contributed by atoms with van der Waals surface area (Å²) in [6.45, 7) is 9.17. The maximum absolute atomic E-state index is 14.3. The largest absolute Gasteiger partial charge is 0.494 e. The van der Waals surface area contributed by atoms with Gasteiger partial charge in [0.15, 0.2) is 5.13 Å². The van der Waals surface area contributed by atoms with Crippen LogP contribution in [0.4, 0.5) is 13.9 Å². The summed E-state index contributed by atoms with van der Waals surface area (Å²) in [6.07, 6.45) is 0. The van der Waals surface area contributed by atoms with Crippen LogP contribution in [-0.2, 0) is 0 Å². The monoisotopic (exact) mass is 469 g/mol. The number of anilines is 1. The fourth-order valence-corrected chi connectivity index (χ4v) is 4.16. The van der Waals surface area contributed by atoms with Gasteiger partial charge in [-0.25, -0.2) is 13.8 Å². The molecule has 0 radical (unpaired) electrons. The number of halogens is 3. The Morgan fingerprint density at radius 2 is 1.81 bits per heavy atom. The van der Waals surface area contributed by atoms with Crippen molar-refractivity contribution in [2.75, 3.05) is 37.7 Å². The van der Waals surface area contributed by atoms with Crippen LogP contribution in [0.3, 0.4) is 0 Å². The fraction of sp³-hybridized carbons (Fsp3) is 0.364. The number of hydrogen-bond donors (Lipinski definition) is 0. The fourth-order valence-electron chi connectivity index (χ4n) is 3.14. The Morgan fingerprint density at radius 1 is 1.06 bits per heavy atom.